The molecule has 0 spiro atoms. The van der Waals surface area contributed by atoms with Crippen LogP contribution in [0.3, 0.4) is 0 Å². The molecule has 4 rings (SSSR count). The van der Waals surface area contributed by atoms with E-state index in [9.17, 15) is 14.4 Å². The second-order valence-electron chi connectivity index (χ2n) is 7.94. The van der Waals surface area contributed by atoms with Crippen LogP contribution in [0.5, 0.6) is 0 Å². The van der Waals surface area contributed by atoms with Gasteiger partial charge in [-0.2, -0.15) is 0 Å². The lowest BCUT2D eigenvalue weighted by Gasteiger charge is -2.20. The molecule has 29 heavy (non-hydrogen) atoms. The minimum absolute atomic E-state index is 0.0611. The van der Waals surface area contributed by atoms with Gasteiger partial charge in [0.1, 0.15) is 0 Å². The predicted molar refractivity (Wildman–Crippen MR) is 111 cm³/mol. The van der Waals surface area contributed by atoms with Crippen molar-refractivity contribution in [2.45, 2.75) is 51.5 Å². The number of nitrogens with zero attached hydrogens (tertiary/aromatic N) is 1. The zero-order chi connectivity index (χ0) is 20.4. The van der Waals surface area contributed by atoms with Gasteiger partial charge in [0.05, 0.1) is 17.2 Å². The van der Waals surface area contributed by atoms with E-state index in [-0.39, 0.29) is 36.7 Å². The molecule has 3 amide bonds. The Labute approximate surface area is 171 Å². The summed E-state index contributed by atoms with van der Waals surface area (Å²) >= 11 is 0. The van der Waals surface area contributed by atoms with Crippen LogP contribution in [0.15, 0.2) is 42.5 Å². The van der Waals surface area contributed by atoms with E-state index in [1.807, 2.05) is 6.92 Å². The maximum atomic E-state index is 12.4. The third kappa shape index (κ3) is 3.95. The monoisotopic (exact) mass is 390 g/mol. The maximum Gasteiger partial charge on any atom is 0.261 e. The molecule has 0 unspecified atom stereocenters. The molecule has 5 nitrogen and oxygen atoms in total. The number of fused-ring (bicyclic) bond motifs is 2. The van der Waals surface area contributed by atoms with Crippen LogP contribution in [-0.4, -0.2) is 29.2 Å². The van der Waals surface area contributed by atoms with Crippen molar-refractivity contribution >= 4 is 17.7 Å². The molecule has 2 aromatic rings. The van der Waals surface area contributed by atoms with Crippen molar-refractivity contribution in [1.82, 2.24) is 10.2 Å². The number of carbonyl (C=O) groups excluding carboxylic acids is 3. The Kier molecular flexibility index (Phi) is 5.47. The van der Waals surface area contributed by atoms with Crippen LogP contribution < -0.4 is 5.32 Å². The number of hydrogen-bond donors (Lipinski definition) is 1. The van der Waals surface area contributed by atoms with Crippen molar-refractivity contribution in [3.63, 3.8) is 0 Å². The third-order valence-corrected chi connectivity index (χ3v) is 5.91. The van der Waals surface area contributed by atoms with Crippen molar-refractivity contribution in [3.8, 4) is 0 Å². The van der Waals surface area contributed by atoms with Crippen LogP contribution in [0.4, 0.5) is 0 Å². The van der Waals surface area contributed by atoms with Crippen LogP contribution >= 0.6 is 0 Å². The molecule has 0 fully saturated rings. The summed E-state index contributed by atoms with van der Waals surface area (Å²) < 4.78 is 0. The van der Waals surface area contributed by atoms with E-state index < -0.39 is 0 Å². The SMILES string of the molecule is C[C@@H](NC(=O)CCCN1C(=O)c2ccccc2C1=O)c1ccc2c(c1)CCCC2. The zero-order valence-electron chi connectivity index (χ0n) is 16.7. The van der Waals surface area contributed by atoms with Crippen LogP contribution in [0.25, 0.3) is 0 Å². The highest BCUT2D eigenvalue weighted by molar-refractivity contribution is 6.21. The standard InChI is InChI=1S/C24H26N2O3/c1-16(18-13-12-17-7-2-3-8-19(17)15-18)25-22(27)11-6-14-26-23(28)20-9-4-5-10-21(20)24(26)29/h4-5,9-10,12-13,15-16H,2-3,6-8,11,14H2,1H3,(H,25,27)/t16-/m1/s1. The second-order valence-corrected chi connectivity index (χ2v) is 7.94. The molecular formula is C24H26N2O3. The molecule has 2 aliphatic rings. The fraction of sp³-hybridized carbons (Fsp3) is 0.375. The summed E-state index contributed by atoms with van der Waals surface area (Å²) in [6, 6.07) is 13.3. The Morgan fingerprint density at radius 3 is 2.34 bits per heavy atom. The van der Waals surface area contributed by atoms with Gasteiger partial charge in [-0.3, -0.25) is 19.3 Å². The molecule has 2 aromatic carbocycles. The van der Waals surface area contributed by atoms with Crippen LogP contribution in [0.1, 0.15) is 76.1 Å². The normalized spacial score (nSPS) is 16.4. The Bertz CT molecular complexity index is 931. The van der Waals surface area contributed by atoms with Crippen molar-refractivity contribution in [1.29, 1.82) is 0 Å². The van der Waals surface area contributed by atoms with Crippen molar-refractivity contribution < 1.29 is 14.4 Å². The number of imide groups is 1. The number of nitrogens with one attached hydrogen (secondary N) is 1. The Morgan fingerprint density at radius 1 is 1.00 bits per heavy atom. The fourth-order valence-corrected chi connectivity index (χ4v) is 4.26. The van der Waals surface area contributed by atoms with E-state index in [1.165, 1.54) is 28.9 Å². The zero-order valence-corrected chi connectivity index (χ0v) is 16.7. The average molecular weight is 390 g/mol. The first-order valence-electron chi connectivity index (χ1n) is 10.4. The van der Waals surface area contributed by atoms with Gasteiger partial charge in [0.2, 0.25) is 5.91 Å². The van der Waals surface area contributed by atoms with Crippen molar-refractivity contribution in [3.05, 3.63) is 70.3 Å². The molecule has 1 N–H and O–H groups in total. The largest absolute Gasteiger partial charge is 0.350 e. The van der Waals surface area contributed by atoms with Gasteiger partial charge < -0.3 is 5.32 Å². The molecule has 0 saturated heterocycles. The van der Waals surface area contributed by atoms with E-state index >= 15 is 0 Å². The van der Waals surface area contributed by atoms with Gasteiger partial charge >= 0.3 is 0 Å². The Balaban J connectivity index is 1.28. The highest BCUT2D eigenvalue weighted by atomic mass is 16.2. The van der Waals surface area contributed by atoms with Gasteiger partial charge in [0.15, 0.2) is 0 Å². The smallest absolute Gasteiger partial charge is 0.261 e. The van der Waals surface area contributed by atoms with E-state index in [1.54, 1.807) is 24.3 Å². The van der Waals surface area contributed by atoms with Crippen LogP contribution in [-0.2, 0) is 17.6 Å². The van der Waals surface area contributed by atoms with E-state index in [2.05, 4.69) is 23.5 Å². The molecule has 150 valence electrons. The van der Waals surface area contributed by atoms with E-state index in [0.717, 1.165) is 18.4 Å². The number of amides is 3. The van der Waals surface area contributed by atoms with Gasteiger partial charge in [-0.05, 0) is 67.9 Å². The Morgan fingerprint density at radius 2 is 1.66 bits per heavy atom. The second kappa shape index (κ2) is 8.19. The molecule has 0 radical (unpaired) electrons. The number of carbonyl (C=O) groups is 3. The molecular weight excluding hydrogens is 364 g/mol. The fourth-order valence-electron chi connectivity index (χ4n) is 4.26. The topological polar surface area (TPSA) is 66.5 Å². The molecule has 1 aliphatic carbocycles. The first-order valence-corrected chi connectivity index (χ1v) is 10.4. The summed E-state index contributed by atoms with van der Waals surface area (Å²) in [4.78, 5) is 38.3. The molecule has 1 aliphatic heterocycles. The molecule has 0 bridgehead atoms. The molecule has 1 atom stereocenters. The van der Waals surface area contributed by atoms with Gasteiger partial charge in [-0.15, -0.1) is 0 Å². The molecule has 0 saturated carbocycles. The number of rotatable bonds is 6. The molecule has 5 heteroatoms. The van der Waals surface area contributed by atoms with Gasteiger partial charge in [-0.1, -0.05) is 30.3 Å². The maximum absolute atomic E-state index is 12.4. The number of aryl methyl sites for hydroxylation is 2. The summed E-state index contributed by atoms with van der Waals surface area (Å²) in [5, 5.41) is 3.04. The van der Waals surface area contributed by atoms with Gasteiger partial charge in [0, 0.05) is 13.0 Å². The van der Waals surface area contributed by atoms with Crippen LogP contribution in [0, 0.1) is 0 Å². The minimum Gasteiger partial charge on any atom is -0.350 e. The van der Waals surface area contributed by atoms with Gasteiger partial charge in [0.25, 0.3) is 11.8 Å². The minimum atomic E-state index is -0.270. The third-order valence-electron chi connectivity index (χ3n) is 5.91. The molecule has 0 aromatic heterocycles. The summed E-state index contributed by atoms with van der Waals surface area (Å²) in [6.45, 7) is 2.25. The highest BCUT2D eigenvalue weighted by Crippen LogP contribution is 2.25. The lowest BCUT2D eigenvalue weighted by molar-refractivity contribution is -0.121. The summed E-state index contributed by atoms with van der Waals surface area (Å²) in [5.41, 5.74) is 4.85. The lowest BCUT2D eigenvalue weighted by Crippen LogP contribution is -2.32. The number of benzene rings is 2. The van der Waals surface area contributed by atoms with E-state index in [0.29, 0.717) is 17.5 Å². The Hall–Kier alpha value is -2.95. The lowest BCUT2D eigenvalue weighted by atomic mass is 9.89. The van der Waals surface area contributed by atoms with E-state index in [4.69, 9.17) is 0 Å². The van der Waals surface area contributed by atoms with Gasteiger partial charge in [-0.25, -0.2) is 0 Å². The van der Waals surface area contributed by atoms with Crippen LogP contribution in [0.2, 0.25) is 0 Å². The summed E-state index contributed by atoms with van der Waals surface area (Å²) in [6.07, 6.45) is 5.48. The summed E-state index contributed by atoms with van der Waals surface area (Å²) in [5.74, 6) is -0.603. The number of hydrogen-bond acceptors (Lipinski definition) is 3. The molecule has 1 heterocycles. The quantitative estimate of drug-likeness (QED) is 0.763. The van der Waals surface area contributed by atoms with Crippen molar-refractivity contribution in [2.75, 3.05) is 6.54 Å². The van der Waals surface area contributed by atoms with Crippen molar-refractivity contribution in [2.24, 2.45) is 0 Å². The first-order chi connectivity index (χ1) is 14.0. The predicted octanol–water partition coefficient (Wildman–Crippen LogP) is 3.82. The highest BCUT2D eigenvalue weighted by Gasteiger charge is 2.34. The first kappa shape index (κ1) is 19.4. The summed E-state index contributed by atoms with van der Waals surface area (Å²) in [7, 11) is 0. The average Bonchev–Trinajstić information content (AvgIpc) is 2.98.